The van der Waals surface area contributed by atoms with Gasteiger partial charge in [-0.3, -0.25) is 4.79 Å². The summed E-state index contributed by atoms with van der Waals surface area (Å²) in [5.41, 5.74) is 2.56. The van der Waals surface area contributed by atoms with Crippen LogP contribution in [0.3, 0.4) is 0 Å². The van der Waals surface area contributed by atoms with E-state index in [1.165, 1.54) is 6.07 Å². The number of nitrogens with one attached hydrogen (secondary N) is 2. The van der Waals surface area contributed by atoms with E-state index in [1.807, 2.05) is 13.0 Å². The number of aliphatic hydroxyl groups excluding tert-OH is 1. The first-order chi connectivity index (χ1) is 11.4. The predicted molar refractivity (Wildman–Crippen MR) is 89.0 cm³/mol. The van der Waals surface area contributed by atoms with E-state index in [0.29, 0.717) is 11.1 Å². The van der Waals surface area contributed by atoms with E-state index < -0.39 is 11.6 Å². The lowest BCUT2D eigenvalue weighted by Crippen LogP contribution is -2.27. The third-order valence-corrected chi connectivity index (χ3v) is 3.79. The van der Waals surface area contributed by atoms with Crippen LogP contribution in [0.15, 0.2) is 36.4 Å². The molecule has 2 aromatic carbocycles. The number of hydrogen-bond acceptors (Lipinski definition) is 3. The van der Waals surface area contributed by atoms with Crippen molar-refractivity contribution in [2.45, 2.75) is 19.9 Å². The average molecular weight is 334 g/mol. The van der Waals surface area contributed by atoms with Crippen LogP contribution in [0.2, 0.25) is 0 Å². The van der Waals surface area contributed by atoms with Crippen molar-refractivity contribution in [2.24, 2.45) is 0 Å². The molecule has 0 spiro atoms. The summed E-state index contributed by atoms with van der Waals surface area (Å²) in [5.74, 6) is -2.05. The van der Waals surface area contributed by atoms with Crippen molar-refractivity contribution in [3.63, 3.8) is 0 Å². The minimum absolute atomic E-state index is 0.129. The summed E-state index contributed by atoms with van der Waals surface area (Å²) in [5, 5.41) is 14.6. The summed E-state index contributed by atoms with van der Waals surface area (Å²) in [7, 11) is 0. The van der Waals surface area contributed by atoms with E-state index in [9.17, 15) is 13.6 Å². The van der Waals surface area contributed by atoms with E-state index in [2.05, 4.69) is 10.6 Å². The first kappa shape index (κ1) is 17.9. The lowest BCUT2D eigenvalue weighted by Gasteiger charge is -2.19. The Kier molecular flexibility index (Phi) is 5.87. The smallest absolute Gasteiger partial charge is 0.251 e. The monoisotopic (exact) mass is 334 g/mol. The molecule has 4 nitrogen and oxygen atoms in total. The standard InChI is InChI=1S/C18H20F2N2O2/c1-11-14(18(24)21-8-9-23)4-3-5-17(11)22-12(2)13-6-7-15(19)16(20)10-13/h3-7,10,12,22-23H,8-9H2,1-2H3,(H,21,24). The molecule has 0 aromatic heterocycles. The number of halogens is 2. The largest absolute Gasteiger partial charge is 0.395 e. The van der Waals surface area contributed by atoms with Crippen molar-refractivity contribution in [2.75, 3.05) is 18.5 Å². The normalized spacial score (nSPS) is 11.9. The zero-order valence-corrected chi connectivity index (χ0v) is 13.6. The fourth-order valence-corrected chi connectivity index (χ4v) is 2.40. The summed E-state index contributed by atoms with van der Waals surface area (Å²) in [6.45, 7) is 3.68. The maximum absolute atomic E-state index is 13.4. The number of aliphatic hydroxyl groups is 1. The summed E-state index contributed by atoms with van der Waals surface area (Å²) in [6.07, 6.45) is 0. The van der Waals surface area contributed by atoms with Gasteiger partial charge in [0.2, 0.25) is 0 Å². The second-order valence-corrected chi connectivity index (χ2v) is 5.50. The topological polar surface area (TPSA) is 61.4 Å². The number of amides is 1. The molecule has 128 valence electrons. The van der Waals surface area contributed by atoms with Crippen molar-refractivity contribution < 1.29 is 18.7 Å². The molecule has 0 radical (unpaired) electrons. The summed E-state index contributed by atoms with van der Waals surface area (Å²) in [4.78, 5) is 12.1. The number of benzene rings is 2. The summed E-state index contributed by atoms with van der Waals surface area (Å²) >= 11 is 0. The molecule has 2 rings (SSSR count). The lowest BCUT2D eigenvalue weighted by molar-refractivity contribution is 0.0944. The van der Waals surface area contributed by atoms with Gasteiger partial charge >= 0.3 is 0 Å². The van der Waals surface area contributed by atoms with Gasteiger partial charge in [-0.25, -0.2) is 8.78 Å². The zero-order chi connectivity index (χ0) is 17.7. The molecule has 0 fully saturated rings. The molecular weight excluding hydrogens is 314 g/mol. The Morgan fingerprint density at radius 1 is 1.21 bits per heavy atom. The van der Waals surface area contributed by atoms with Gasteiger partial charge in [0.25, 0.3) is 5.91 Å². The number of carbonyl (C=O) groups excluding carboxylic acids is 1. The van der Waals surface area contributed by atoms with Crippen LogP contribution in [-0.2, 0) is 0 Å². The molecule has 24 heavy (non-hydrogen) atoms. The lowest BCUT2D eigenvalue weighted by atomic mass is 10.0. The van der Waals surface area contributed by atoms with Gasteiger partial charge in [-0.1, -0.05) is 12.1 Å². The van der Waals surface area contributed by atoms with Gasteiger partial charge < -0.3 is 15.7 Å². The zero-order valence-electron chi connectivity index (χ0n) is 13.6. The Morgan fingerprint density at radius 3 is 2.62 bits per heavy atom. The first-order valence-corrected chi connectivity index (χ1v) is 7.64. The van der Waals surface area contributed by atoms with Crippen LogP contribution in [0.5, 0.6) is 0 Å². The van der Waals surface area contributed by atoms with Gasteiger partial charge in [0.05, 0.1) is 6.61 Å². The van der Waals surface area contributed by atoms with Crippen molar-refractivity contribution >= 4 is 11.6 Å². The first-order valence-electron chi connectivity index (χ1n) is 7.64. The number of hydrogen-bond donors (Lipinski definition) is 3. The second-order valence-electron chi connectivity index (χ2n) is 5.50. The van der Waals surface area contributed by atoms with Gasteiger partial charge in [0.1, 0.15) is 0 Å². The average Bonchev–Trinajstić information content (AvgIpc) is 2.57. The maximum Gasteiger partial charge on any atom is 0.251 e. The fraction of sp³-hybridized carbons (Fsp3) is 0.278. The van der Waals surface area contributed by atoms with E-state index >= 15 is 0 Å². The molecule has 1 atom stereocenters. The molecule has 0 aliphatic carbocycles. The molecule has 1 unspecified atom stereocenters. The molecule has 0 aliphatic heterocycles. The molecule has 2 aromatic rings. The quantitative estimate of drug-likeness (QED) is 0.760. The van der Waals surface area contributed by atoms with Crippen LogP contribution < -0.4 is 10.6 Å². The fourth-order valence-electron chi connectivity index (χ4n) is 2.40. The third kappa shape index (κ3) is 4.08. The second kappa shape index (κ2) is 7.88. The van der Waals surface area contributed by atoms with Crippen molar-refractivity contribution in [1.82, 2.24) is 5.32 Å². The highest BCUT2D eigenvalue weighted by molar-refractivity contribution is 5.97. The Morgan fingerprint density at radius 2 is 1.96 bits per heavy atom. The van der Waals surface area contributed by atoms with E-state index in [0.717, 1.165) is 23.4 Å². The highest BCUT2D eigenvalue weighted by atomic mass is 19.2. The Bertz CT molecular complexity index is 735. The SMILES string of the molecule is Cc1c(NC(C)c2ccc(F)c(F)c2)cccc1C(=O)NCCO. The molecule has 0 aliphatic rings. The Labute approximate surface area is 139 Å². The maximum atomic E-state index is 13.4. The molecule has 0 bridgehead atoms. The third-order valence-electron chi connectivity index (χ3n) is 3.79. The Balaban J connectivity index is 2.20. The summed E-state index contributed by atoms with van der Waals surface area (Å²) < 4.78 is 26.4. The number of carbonyl (C=O) groups is 1. The van der Waals surface area contributed by atoms with Gasteiger partial charge in [0.15, 0.2) is 11.6 Å². The van der Waals surface area contributed by atoms with Gasteiger partial charge in [-0.15, -0.1) is 0 Å². The molecule has 0 heterocycles. The van der Waals surface area contributed by atoms with Gasteiger partial charge in [0, 0.05) is 23.8 Å². The Hall–Kier alpha value is -2.47. The van der Waals surface area contributed by atoms with Gasteiger partial charge in [-0.05, 0) is 49.2 Å². The number of anilines is 1. The van der Waals surface area contributed by atoms with Crippen molar-refractivity contribution in [3.05, 3.63) is 64.7 Å². The predicted octanol–water partition coefficient (Wildman–Crippen LogP) is 3.17. The van der Waals surface area contributed by atoms with E-state index in [1.54, 1.807) is 19.1 Å². The molecule has 6 heteroatoms. The van der Waals surface area contributed by atoms with E-state index in [-0.39, 0.29) is 25.1 Å². The number of rotatable bonds is 6. The highest BCUT2D eigenvalue weighted by Gasteiger charge is 2.14. The van der Waals surface area contributed by atoms with Crippen LogP contribution in [-0.4, -0.2) is 24.2 Å². The van der Waals surface area contributed by atoms with Gasteiger partial charge in [-0.2, -0.15) is 0 Å². The van der Waals surface area contributed by atoms with Crippen molar-refractivity contribution in [1.29, 1.82) is 0 Å². The summed E-state index contributed by atoms with van der Waals surface area (Å²) in [6, 6.07) is 8.73. The minimum atomic E-state index is -0.894. The van der Waals surface area contributed by atoms with Crippen LogP contribution in [0, 0.1) is 18.6 Å². The van der Waals surface area contributed by atoms with Crippen LogP contribution >= 0.6 is 0 Å². The molecular formula is C18H20F2N2O2. The molecule has 1 amide bonds. The molecule has 3 N–H and O–H groups in total. The van der Waals surface area contributed by atoms with Crippen LogP contribution in [0.1, 0.15) is 34.5 Å². The van der Waals surface area contributed by atoms with Crippen LogP contribution in [0.4, 0.5) is 14.5 Å². The van der Waals surface area contributed by atoms with E-state index in [4.69, 9.17) is 5.11 Å². The molecule has 0 saturated carbocycles. The van der Waals surface area contributed by atoms with Crippen molar-refractivity contribution in [3.8, 4) is 0 Å². The van der Waals surface area contributed by atoms with Crippen LogP contribution in [0.25, 0.3) is 0 Å². The molecule has 0 saturated heterocycles. The highest BCUT2D eigenvalue weighted by Crippen LogP contribution is 2.25. The minimum Gasteiger partial charge on any atom is -0.395 e.